The van der Waals surface area contributed by atoms with Crippen LogP contribution in [0.25, 0.3) is 0 Å². The fourth-order valence-corrected chi connectivity index (χ4v) is 2.96. The molecule has 8 nitrogen and oxygen atoms in total. The number of carbonyl (C=O) groups excluding carboxylic acids is 4. The average Bonchev–Trinajstić information content (AvgIpc) is 2.69. The van der Waals surface area contributed by atoms with Crippen LogP contribution in [0, 0.1) is 0 Å². The molecule has 2 rings (SSSR count). The van der Waals surface area contributed by atoms with Crippen molar-refractivity contribution in [3.8, 4) is 0 Å². The first-order valence-electron chi connectivity index (χ1n) is 9.45. The molecule has 156 valence electrons. The van der Waals surface area contributed by atoms with Crippen LogP contribution in [-0.4, -0.2) is 48.9 Å². The van der Waals surface area contributed by atoms with Crippen molar-refractivity contribution in [1.29, 1.82) is 0 Å². The van der Waals surface area contributed by atoms with E-state index in [-0.39, 0.29) is 18.7 Å². The molecule has 1 aromatic rings. The van der Waals surface area contributed by atoms with Crippen molar-refractivity contribution in [1.82, 2.24) is 16.0 Å². The molecule has 1 aliphatic rings. The SMILES string of the molecule is COC(=O)[C@@H](CC=C(C)C)NC(=O)C[C@@H]1NC(=O)[C@H](Cc2ccccc2)NC1=O. The third-order valence-corrected chi connectivity index (χ3v) is 4.52. The first-order valence-corrected chi connectivity index (χ1v) is 9.45. The number of hydrogen-bond acceptors (Lipinski definition) is 5. The molecule has 8 heteroatoms. The summed E-state index contributed by atoms with van der Waals surface area (Å²) in [6.07, 6.45) is 2.19. The minimum atomic E-state index is -0.990. The fraction of sp³-hybridized carbons (Fsp3) is 0.429. The highest BCUT2D eigenvalue weighted by Crippen LogP contribution is 2.09. The minimum Gasteiger partial charge on any atom is -0.467 e. The van der Waals surface area contributed by atoms with Gasteiger partial charge in [-0.15, -0.1) is 0 Å². The summed E-state index contributed by atoms with van der Waals surface area (Å²) in [5.74, 6) is -1.87. The van der Waals surface area contributed by atoms with E-state index in [0.717, 1.165) is 11.1 Å². The molecule has 1 fully saturated rings. The number of benzene rings is 1. The normalized spacial score (nSPS) is 19.4. The lowest BCUT2D eigenvalue weighted by Crippen LogP contribution is -2.63. The van der Waals surface area contributed by atoms with E-state index in [9.17, 15) is 19.2 Å². The van der Waals surface area contributed by atoms with E-state index < -0.39 is 35.9 Å². The highest BCUT2D eigenvalue weighted by Gasteiger charge is 2.35. The zero-order chi connectivity index (χ0) is 21.4. The summed E-state index contributed by atoms with van der Waals surface area (Å²) >= 11 is 0. The predicted octanol–water partition coefficient (Wildman–Crippen LogP) is 0.617. The molecule has 0 saturated carbocycles. The number of hydrogen-bond donors (Lipinski definition) is 3. The van der Waals surface area contributed by atoms with Gasteiger partial charge in [0.05, 0.1) is 13.5 Å². The van der Waals surface area contributed by atoms with Gasteiger partial charge in [-0.3, -0.25) is 14.4 Å². The van der Waals surface area contributed by atoms with Crippen molar-refractivity contribution in [2.24, 2.45) is 0 Å². The molecular weight excluding hydrogens is 374 g/mol. The lowest BCUT2D eigenvalue weighted by atomic mass is 10.0. The average molecular weight is 401 g/mol. The van der Waals surface area contributed by atoms with Crippen molar-refractivity contribution in [2.75, 3.05) is 7.11 Å². The Balaban J connectivity index is 1.93. The highest BCUT2D eigenvalue weighted by molar-refractivity contribution is 5.99. The van der Waals surface area contributed by atoms with Gasteiger partial charge in [-0.2, -0.15) is 0 Å². The zero-order valence-corrected chi connectivity index (χ0v) is 16.9. The van der Waals surface area contributed by atoms with Gasteiger partial charge in [-0.05, 0) is 25.8 Å². The topological polar surface area (TPSA) is 114 Å². The summed E-state index contributed by atoms with van der Waals surface area (Å²) in [6.45, 7) is 3.76. The summed E-state index contributed by atoms with van der Waals surface area (Å²) in [6, 6.07) is 6.81. The number of methoxy groups -OCH3 is 1. The van der Waals surface area contributed by atoms with Crippen molar-refractivity contribution in [3.63, 3.8) is 0 Å². The zero-order valence-electron chi connectivity index (χ0n) is 16.9. The molecule has 0 aromatic heterocycles. The molecule has 1 heterocycles. The van der Waals surface area contributed by atoms with Crippen LogP contribution in [0.5, 0.6) is 0 Å². The number of allylic oxidation sites excluding steroid dienone is 1. The molecule has 1 aromatic carbocycles. The summed E-state index contributed by atoms with van der Waals surface area (Å²) in [5.41, 5.74) is 1.92. The van der Waals surface area contributed by atoms with Gasteiger partial charge < -0.3 is 20.7 Å². The predicted molar refractivity (Wildman–Crippen MR) is 107 cm³/mol. The lowest BCUT2D eigenvalue weighted by Gasteiger charge is -2.29. The lowest BCUT2D eigenvalue weighted by molar-refractivity contribution is -0.145. The second-order valence-corrected chi connectivity index (χ2v) is 7.18. The number of nitrogens with one attached hydrogen (secondary N) is 3. The van der Waals surface area contributed by atoms with Gasteiger partial charge in [0.1, 0.15) is 18.1 Å². The molecule has 0 radical (unpaired) electrons. The van der Waals surface area contributed by atoms with E-state index in [2.05, 4.69) is 16.0 Å². The van der Waals surface area contributed by atoms with Crippen molar-refractivity contribution < 1.29 is 23.9 Å². The number of amides is 3. The van der Waals surface area contributed by atoms with Crippen LogP contribution < -0.4 is 16.0 Å². The molecule has 3 atom stereocenters. The van der Waals surface area contributed by atoms with Crippen LogP contribution in [0.1, 0.15) is 32.3 Å². The van der Waals surface area contributed by atoms with Crippen molar-refractivity contribution >= 4 is 23.7 Å². The second-order valence-electron chi connectivity index (χ2n) is 7.18. The maximum absolute atomic E-state index is 12.4. The molecule has 0 spiro atoms. The van der Waals surface area contributed by atoms with E-state index in [1.807, 2.05) is 50.3 Å². The van der Waals surface area contributed by atoms with Gasteiger partial charge in [-0.1, -0.05) is 42.0 Å². The highest BCUT2D eigenvalue weighted by atomic mass is 16.5. The quantitative estimate of drug-likeness (QED) is 0.436. The van der Waals surface area contributed by atoms with Crippen LogP contribution >= 0.6 is 0 Å². The molecule has 0 aliphatic carbocycles. The smallest absolute Gasteiger partial charge is 0.328 e. The van der Waals surface area contributed by atoms with Gasteiger partial charge in [0, 0.05) is 6.42 Å². The standard InChI is InChI=1S/C21H27N3O5/c1-13(2)9-10-15(21(28)29-3)22-18(25)12-17-20(27)23-16(19(26)24-17)11-14-7-5-4-6-8-14/h4-9,15-17H,10-12H2,1-3H3,(H,22,25)(H,23,27)(H,24,26)/t15-,16+,17+/m1/s1. The number of rotatable bonds is 8. The van der Waals surface area contributed by atoms with Gasteiger partial charge in [0.2, 0.25) is 17.7 Å². The monoisotopic (exact) mass is 401 g/mol. The van der Waals surface area contributed by atoms with Crippen molar-refractivity contribution in [2.45, 2.75) is 51.2 Å². The molecule has 1 saturated heterocycles. The Bertz CT molecular complexity index is 787. The fourth-order valence-electron chi connectivity index (χ4n) is 2.96. The van der Waals surface area contributed by atoms with Gasteiger partial charge >= 0.3 is 5.97 Å². The third-order valence-electron chi connectivity index (χ3n) is 4.52. The molecule has 0 bridgehead atoms. The van der Waals surface area contributed by atoms with Crippen LogP contribution in [-0.2, 0) is 30.3 Å². The largest absolute Gasteiger partial charge is 0.467 e. The third kappa shape index (κ3) is 6.74. The minimum absolute atomic E-state index is 0.266. The summed E-state index contributed by atoms with van der Waals surface area (Å²) in [4.78, 5) is 48.9. The van der Waals surface area contributed by atoms with E-state index in [4.69, 9.17) is 4.74 Å². The maximum Gasteiger partial charge on any atom is 0.328 e. The first-order chi connectivity index (χ1) is 13.8. The molecule has 1 aliphatic heterocycles. The summed E-state index contributed by atoms with van der Waals surface area (Å²) in [7, 11) is 1.24. The number of piperazine rings is 1. The van der Waals surface area contributed by atoms with Crippen molar-refractivity contribution in [3.05, 3.63) is 47.5 Å². The summed E-state index contributed by atoms with van der Waals surface area (Å²) < 4.78 is 4.71. The molecule has 29 heavy (non-hydrogen) atoms. The van der Waals surface area contributed by atoms with Gasteiger partial charge in [-0.25, -0.2) is 4.79 Å². The summed E-state index contributed by atoms with van der Waals surface area (Å²) in [5, 5.41) is 7.83. The van der Waals surface area contributed by atoms with E-state index in [1.165, 1.54) is 7.11 Å². The molecule has 3 amide bonds. The molecule has 3 N–H and O–H groups in total. The number of ether oxygens (including phenoxy) is 1. The Morgan fingerprint density at radius 3 is 2.34 bits per heavy atom. The van der Waals surface area contributed by atoms with E-state index >= 15 is 0 Å². The second kappa shape index (κ2) is 10.4. The Morgan fingerprint density at radius 1 is 1.10 bits per heavy atom. The van der Waals surface area contributed by atoms with Crippen LogP contribution in [0.3, 0.4) is 0 Å². The van der Waals surface area contributed by atoms with Gasteiger partial charge in [0.25, 0.3) is 0 Å². The Morgan fingerprint density at radius 2 is 1.72 bits per heavy atom. The molecular formula is C21H27N3O5. The van der Waals surface area contributed by atoms with Crippen LogP contribution in [0.15, 0.2) is 42.0 Å². The first kappa shape index (κ1) is 22.1. The van der Waals surface area contributed by atoms with E-state index in [1.54, 1.807) is 0 Å². The molecule has 0 unspecified atom stereocenters. The van der Waals surface area contributed by atoms with Crippen LogP contribution in [0.2, 0.25) is 0 Å². The number of carbonyl (C=O) groups is 4. The number of esters is 1. The van der Waals surface area contributed by atoms with Gasteiger partial charge in [0.15, 0.2) is 0 Å². The Labute approximate surface area is 170 Å². The maximum atomic E-state index is 12.4. The Kier molecular flexibility index (Phi) is 7.94. The Hall–Kier alpha value is -3.16. The van der Waals surface area contributed by atoms with E-state index in [0.29, 0.717) is 6.42 Å². The van der Waals surface area contributed by atoms with Crippen LogP contribution in [0.4, 0.5) is 0 Å².